The van der Waals surface area contributed by atoms with Crippen molar-refractivity contribution in [2.45, 2.75) is 36.7 Å². The maximum atomic E-state index is 13.3. The van der Waals surface area contributed by atoms with Gasteiger partial charge in [-0.1, -0.05) is 0 Å². The van der Waals surface area contributed by atoms with E-state index in [1.165, 1.54) is 19.2 Å². The van der Waals surface area contributed by atoms with Crippen molar-refractivity contribution < 1.29 is 17.5 Å². The van der Waals surface area contributed by atoms with E-state index in [4.69, 9.17) is 4.74 Å². The SMILES string of the molecule is COc1cc(S(=O)(=O)NC2CCCNC2C)ccc1F. The Morgan fingerprint density at radius 1 is 1.45 bits per heavy atom. The maximum absolute atomic E-state index is 13.3. The third-order valence-electron chi connectivity index (χ3n) is 3.50. The first-order valence-electron chi connectivity index (χ1n) is 6.53. The van der Waals surface area contributed by atoms with Gasteiger partial charge >= 0.3 is 0 Å². The summed E-state index contributed by atoms with van der Waals surface area (Å²) in [5.74, 6) is -0.665. The second-order valence-corrected chi connectivity index (χ2v) is 6.62. The molecule has 0 radical (unpaired) electrons. The number of halogens is 1. The zero-order chi connectivity index (χ0) is 14.8. The topological polar surface area (TPSA) is 67.4 Å². The summed E-state index contributed by atoms with van der Waals surface area (Å²) in [7, 11) is -2.38. The van der Waals surface area contributed by atoms with E-state index in [1.54, 1.807) is 0 Å². The molecule has 0 aromatic heterocycles. The van der Waals surface area contributed by atoms with Crippen LogP contribution >= 0.6 is 0 Å². The highest BCUT2D eigenvalue weighted by Crippen LogP contribution is 2.22. The lowest BCUT2D eigenvalue weighted by molar-refractivity contribution is 0.348. The van der Waals surface area contributed by atoms with Crippen molar-refractivity contribution in [1.82, 2.24) is 10.0 Å². The first kappa shape index (κ1) is 15.2. The van der Waals surface area contributed by atoms with Crippen molar-refractivity contribution in [2.24, 2.45) is 0 Å². The number of hydrogen-bond acceptors (Lipinski definition) is 4. The first-order chi connectivity index (χ1) is 9.44. The number of rotatable bonds is 4. The lowest BCUT2D eigenvalue weighted by Gasteiger charge is -2.30. The van der Waals surface area contributed by atoms with Gasteiger partial charge in [-0.3, -0.25) is 0 Å². The molecular formula is C13H19FN2O3S. The number of nitrogens with one attached hydrogen (secondary N) is 2. The zero-order valence-corrected chi connectivity index (χ0v) is 12.3. The number of sulfonamides is 1. The quantitative estimate of drug-likeness (QED) is 0.878. The number of methoxy groups -OCH3 is 1. The molecule has 1 aliphatic rings. The third kappa shape index (κ3) is 3.28. The predicted molar refractivity (Wildman–Crippen MR) is 73.8 cm³/mol. The molecule has 1 aromatic rings. The van der Waals surface area contributed by atoms with Crippen LogP contribution in [-0.2, 0) is 10.0 Å². The number of benzene rings is 1. The van der Waals surface area contributed by atoms with Gasteiger partial charge in [-0.25, -0.2) is 17.5 Å². The van der Waals surface area contributed by atoms with E-state index >= 15 is 0 Å². The molecule has 2 rings (SSSR count). The summed E-state index contributed by atoms with van der Waals surface area (Å²) in [5.41, 5.74) is 0. The van der Waals surface area contributed by atoms with Crippen LogP contribution in [0.2, 0.25) is 0 Å². The lowest BCUT2D eigenvalue weighted by atomic mass is 10.0. The van der Waals surface area contributed by atoms with E-state index < -0.39 is 15.8 Å². The average Bonchev–Trinajstić information content (AvgIpc) is 2.41. The monoisotopic (exact) mass is 302 g/mol. The number of hydrogen-bond donors (Lipinski definition) is 2. The molecule has 1 fully saturated rings. The van der Waals surface area contributed by atoms with Crippen molar-refractivity contribution in [1.29, 1.82) is 0 Å². The van der Waals surface area contributed by atoms with Crippen LogP contribution in [0.5, 0.6) is 5.75 Å². The molecule has 0 spiro atoms. The Hall–Kier alpha value is -1.18. The highest BCUT2D eigenvalue weighted by molar-refractivity contribution is 7.89. The Labute approximate surface area is 118 Å². The van der Waals surface area contributed by atoms with Crippen LogP contribution in [0.1, 0.15) is 19.8 Å². The molecule has 2 N–H and O–H groups in total. The second kappa shape index (κ2) is 6.07. The molecule has 0 amide bonds. The van der Waals surface area contributed by atoms with E-state index in [0.29, 0.717) is 0 Å². The van der Waals surface area contributed by atoms with Gasteiger partial charge in [-0.15, -0.1) is 0 Å². The van der Waals surface area contributed by atoms with Gasteiger partial charge in [0.1, 0.15) is 0 Å². The molecule has 20 heavy (non-hydrogen) atoms. The molecule has 2 unspecified atom stereocenters. The molecule has 1 aliphatic heterocycles. The van der Waals surface area contributed by atoms with Gasteiger partial charge in [0.15, 0.2) is 11.6 Å². The Bertz CT molecular complexity index is 577. The standard InChI is InChI=1S/C13H19FN2O3S/c1-9-12(4-3-7-15-9)16-20(17,18)10-5-6-11(14)13(8-10)19-2/h5-6,8-9,12,15-16H,3-4,7H2,1-2H3. The highest BCUT2D eigenvalue weighted by Gasteiger charge is 2.27. The van der Waals surface area contributed by atoms with Crippen molar-refractivity contribution in [3.8, 4) is 5.75 Å². The largest absolute Gasteiger partial charge is 0.494 e. The number of ether oxygens (including phenoxy) is 1. The summed E-state index contributed by atoms with van der Waals surface area (Å²) in [5, 5.41) is 3.23. The van der Waals surface area contributed by atoms with E-state index in [9.17, 15) is 12.8 Å². The molecule has 1 aromatic carbocycles. The van der Waals surface area contributed by atoms with Crippen LogP contribution in [0.15, 0.2) is 23.1 Å². The van der Waals surface area contributed by atoms with Crippen molar-refractivity contribution in [3.63, 3.8) is 0 Å². The molecule has 0 aliphatic carbocycles. The summed E-state index contributed by atoms with van der Waals surface area (Å²) in [6.45, 7) is 2.83. The molecule has 0 bridgehead atoms. The molecule has 1 saturated heterocycles. The van der Waals surface area contributed by atoms with Crippen LogP contribution in [0, 0.1) is 5.82 Å². The number of piperidine rings is 1. The van der Waals surface area contributed by atoms with Gasteiger partial charge in [0.2, 0.25) is 10.0 Å². The summed E-state index contributed by atoms with van der Waals surface area (Å²) in [6.07, 6.45) is 1.70. The average molecular weight is 302 g/mol. The zero-order valence-electron chi connectivity index (χ0n) is 11.5. The molecule has 0 saturated carbocycles. The van der Waals surface area contributed by atoms with Crippen LogP contribution in [-0.4, -0.2) is 34.2 Å². The minimum Gasteiger partial charge on any atom is -0.494 e. The minimum absolute atomic E-state index is 0.00789. The Balaban J connectivity index is 2.21. The fourth-order valence-corrected chi connectivity index (χ4v) is 3.65. The first-order valence-corrected chi connectivity index (χ1v) is 8.01. The Morgan fingerprint density at radius 3 is 2.85 bits per heavy atom. The summed E-state index contributed by atoms with van der Waals surface area (Å²) in [6, 6.07) is 3.43. The molecule has 5 nitrogen and oxygen atoms in total. The van der Waals surface area contributed by atoms with Gasteiger partial charge < -0.3 is 10.1 Å². The van der Waals surface area contributed by atoms with Crippen LogP contribution in [0.4, 0.5) is 4.39 Å². The van der Waals surface area contributed by atoms with Crippen molar-refractivity contribution in [2.75, 3.05) is 13.7 Å². The van der Waals surface area contributed by atoms with E-state index in [1.807, 2.05) is 6.92 Å². The van der Waals surface area contributed by atoms with E-state index in [0.717, 1.165) is 25.5 Å². The second-order valence-electron chi connectivity index (χ2n) is 4.91. The van der Waals surface area contributed by atoms with Crippen LogP contribution < -0.4 is 14.8 Å². The smallest absolute Gasteiger partial charge is 0.241 e. The van der Waals surface area contributed by atoms with Gasteiger partial charge in [0.05, 0.1) is 12.0 Å². The fraction of sp³-hybridized carbons (Fsp3) is 0.538. The lowest BCUT2D eigenvalue weighted by Crippen LogP contribution is -2.51. The summed E-state index contributed by atoms with van der Waals surface area (Å²) < 4.78 is 45.4. The minimum atomic E-state index is -3.68. The van der Waals surface area contributed by atoms with E-state index in [-0.39, 0.29) is 22.7 Å². The summed E-state index contributed by atoms with van der Waals surface area (Å²) >= 11 is 0. The highest BCUT2D eigenvalue weighted by atomic mass is 32.2. The Kier molecular flexibility index (Phi) is 4.62. The van der Waals surface area contributed by atoms with Crippen molar-refractivity contribution in [3.05, 3.63) is 24.0 Å². The maximum Gasteiger partial charge on any atom is 0.241 e. The van der Waals surface area contributed by atoms with Gasteiger partial charge in [0.25, 0.3) is 0 Å². The van der Waals surface area contributed by atoms with Gasteiger partial charge in [-0.05, 0) is 38.4 Å². The normalized spacial score (nSPS) is 23.6. The van der Waals surface area contributed by atoms with Gasteiger partial charge in [0, 0.05) is 18.2 Å². The predicted octanol–water partition coefficient (Wildman–Crippen LogP) is 1.25. The van der Waals surface area contributed by atoms with Crippen LogP contribution in [0.3, 0.4) is 0 Å². The third-order valence-corrected chi connectivity index (χ3v) is 4.99. The molecule has 112 valence electrons. The van der Waals surface area contributed by atoms with Gasteiger partial charge in [-0.2, -0.15) is 0 Å². The van der Waals surface area contributed by atoms with E-state index in [2.05, 4.69) is 10.0 Å². The molecule has 1 heterocycles. The molecular weight excluding hydrogens is 283 g/mol. The fourth-order valence-electron chi connectivity index (χ4n) is 2.28. The summed E-state index contributed by atoms with van der Waals surface area (Å²) in [4.78, 5) is 0.00789. The molecule has 7 heteroatoms. The molecule has 2 atom stereocenters. The van der Waals surface area contributed by atoms with Crippen molar-refractivity contribution >= 4 is 10.0 Å². The Morgan fingerprint density at radius 2 is 2.20 bits per heavy atom. The van der Waals surface area contributed by atoms with Crippen LogP contribution in [0.25, 0.3) is 0 Å².